The number of ether oxygens (including phenoxy) is 1. The summed E-state index contributed by atoms with van der Waals surface area (Å²) in [6, 6.07) is 14.5. The zero-order valence-corrected chi connectivity index (χ0v) is 26.9. The number of carbonyl (C=O) groups is 1. The van der Waals surface area contributed by atoms with Gasteiger partial charge in [0.15, 0.2) is 33.3 Å². The van der Waals surface area contributed by atoms with Crippen molar-refractivity contribution in [2.75, 3.05) is 31.3 Å². The number of nitrogens with one attached hydrogen (secondary N) is 2. The Morgan fingerprint density at radius 2 is 1.93 bits per heavy atom. The van der Waals surface area contributed by atoms with Gasteiger partial charge >= 0.3 is 5.97 Å². The van der Waals surface area contributed by atoms with Gasteiger partial charge in [-0.2, -0.15) is 5.10 Å². The second-order valence-corrected chi connectivity index (χ2v) is 12.5. The van der Waals surface area contributed by atoms with Crippen molar-refractivity contribution in [3.05, 3.63) is 81.7 Å². The summed E-state index contributed by atoms with van der Waals surface area (Å²) in [5, 5.41) is 25.9. The number of thiazole rings is 2. The lowest BCUT2D eigenvalue weighted by atomic mass is 10.2. The molecule has 0 saturated carbocycles. The third kappa shape index (κ3) is 8.30. The molecule has 0 amide bonds. The van der Waals surface area contributed by atoms with Crippen LogP contribution < -0.4 is 15.4 Å². The molecule has 0 radical (unpaired) electrons. The molecule has 1 unspecified atom stereocenters. The molecule has 5 aromatic rings. The zero-order valence-electron chi connectivity index (χ0n) is 25.2. The summed E-state index contributed by atoms with van der Waals surface area (Å²) in [5.74, 6) is 5.18. The van der Waals surface area contributed by atoms with Gasteiger partial charge in [0.2, 0.25) is 0 Å². The number of hydrogen-bond acceptors (Lipinski definition) is 11. The van der Waals surface area contributed by atoms with E-state index in [2.05, 4.69) is 42.6 Å². The Bertz CT molecular complexity index is 1850. The van der Waals surface area contributed by atoms with Gasteiger partial charge in [0.1, 0.15) is 0 Å². The number of aromatic carboxylic acids is 1. The van der Waals surface area contributed by atoms with Gasteiger partial charge in [0, 0.05) is 10.4 Å². The maximum absolute atomic E-state index is 14.6. The van der Waals surface area contributed by atoms with Crippen LogP contribution in [0, 0.1) is 24.6 Å². The molecule has 0 aliphatic carbocycles. The van der Waals surface area contributed by atoms with Gasteiger partial charge in [-0.3, -0.25) is 4.90 Å². The van der Waals surface area contributed by atoms with Crippen LogP contribution in [0.1, 0.15) is 45.5 Å². The highest BCUT2D eigenvalue weighted by Gasteiger charge is 2.18. The summed E-state index contributed by atoms with van der Waals surface area (Å²) in [7, 11) is 3.86. The number of anilines is 3. The fourth-order valence-corrected chi connectivity index (χ4v) is 5.99. The standard InChI is InChI=1S/C32H32FN7O3S2/c1-19-16-22(38-39-29(19)37-32-35-24-8-5-6-9-26(24)44-32)18-34-31-36-28(30(41)42)27(45-31)10-7-15-43-25-14-13-21(17-23(25)33)12-11-20(2)40(3)4/h5-6,8-9,13-14,16-17,20H,7,10,15,18H2,1-4H3,(H,34,36)(H,41,42)(H,35,37,39). The molecular weight excluding hydrogens is 614 g/mol. The van der Waals surface area contributed by atoms with Crippen LogP contribution in [0.4, 0.5) is 20.5 Å². The lowest BCUT2D eigenvalue weighted by Crippen LogP contribution is -2.22. The van der Waals surface area contributed by atoms with E-state index < -0.39 is 11.8 Å². The molecule has 1 atom stereocenters. The molecule has 232 valence electrons. The molecule has 45 heavy (non-hydrogen) atoms. The lowest BCUT2D eigenvalue weighted by Gasteiger charge is -2.12. The first-order valence-electron chi connectivity index (χ1n) is 14.2. The second kappa shape index (κ2) is 14.4. The average Bonchev–Trinajstić information content (AvgIpc) is 3.62. The van der Waals surface area contributed by atoms with Crippen LogP contribution in [0.5, 0.6) is 5.75 Å². The number of para-hydroxylation sites is 1. The highest BCUT2D eigenvalue weighted by molar-refractivity contribution is 7.22. The van der Waals surface area contributed by atoms with Gasteiger partial charge in [-0.25, -0.2) is 19.2 Å². The summed E-state index contributed by atoms with van der Waals surface area (Å²) in [6.07, 6.45) is 0.899. The fourth-order valence-electron chi connectivity index (χ4n) is 4.13. The van der Waals surface area contributed by atoms with Gasteiger partial charge in [-0.15, -0.1) is 16.4 Å². The van der Waals surface area contributed by atoms with Crippen LogP contribution in [-0.4, -0.2) is 62.9 Å². The van der Waals surface area contributed by atoms with Crippen LogP contribution in [0.2, 0.25) is 0 Å². The highest BCUT2D eigenvalue weighted by Crippen LogP contribution is 2.29. The van der Waals surface area contributed by atoms with Crippen LogP contribution >= 0.6 is 22.7 Å². The first kappa shape index (κ1) is 31.8. The van der Waals surface area contributed by atoms with Crippen LogP contribution in [0.25, 0.3) is 10.2 Å². The number of hydrogen-bond donors (Lipinski definition) is 3. The van der Waals surface area contributed by atoms with E-state index in [1.165, 1.54) is 17.4 Å². The van der Waals surface area contributed by atoms with Gasteiger partial charge in [-0.1, -0.05) is 35.3 Å². The minimum atomic E-state index is -1.11. The van der Waals surface area contributed by atoms with Crippen molar-refractivity contribution < 1.29 is 19.0 Å². The minimum Gasteiger partial charge on any atom is -0.491 e. The number of aryl methyl sites for hydroxylation is 2. The molecule has 0 fully saturated rings. The lowest BCUT2D eigenvalue weighted by molar-refractivity contribution is 0.0690. The summed E-state index contributed by atoms with van der Waals surface area (Å²) >= 11 is 2.80. The van der Waals surface area contributed by atoms with Crippen molar-refractivity contribution in [3.8, 4) is 17.6 Å². The molecule has 0 bridgehead atoms. The van der Waals surface area contributed by atoms with E-state index in [0.717, 1.165) is 20.9 Å². The SMILES string of the molecule is Cc1cc(CNc2nc(C(=O)O)c(CCCOc3ccc(C#CC(C)N(C)C)cc3F)s2)nnc1Nc1nc2ccccc2s1. The van der Waals surface area contributed by atoms with Gasteiger partial charge in [-0.05, 0) is 82.7 Å². The summed E-state index contributed by atoms with van der Waals surface area (Å²) in [6.45, 7) is 4.43. The normalized spacial score (nSPS) is 11.7. The number of fused-ring (bicyclic) bond motifs is 1. The van der Waals surface area contributed by atoms with Crippen molar-refractivity contribution in [1.82, 2.24) is 25.1 Å². The number of benzene rings is 2. The van der Waals surface area contributed by atoms with E-state index in [4.69, 9.17) is 4.74 Å². The molecule has 5 rings (SSSR count). The largest absolute Gasteiger partial charge is 0.491 e. The Morgan fingerprint density at radius 1 is 1.11 bits per heavy atom. The molecule has 0 spiro atoms. The highest BCUT2D eigenvalue weighted by atomic mass is 32.1. The van der Waals surface area contributed by atoms with Crippen LogP contribution in [0.3, 0.4) is 0 Å². The minimum absolute atomic E-state index is 0.0128. The number of carboxylic acids is 1. The maximum Gasteiger partial charge on any atom is 0.355 e. The van der Waals surface area contributed by atoms with Crippen LogP contribution in [-0.2, 0) is 13.0 Å². The number of nitrogens with zero attached hydrogens (tertiary/aromatic N) is 5. The van der Waals surface area contributed by atoms with E-state index >= 15 is 0 Å². The van der Waals surface area contributed by atoms with Crippen molar-refractivity contribution in [2.45, 2.75) is 39.3 Å². The summed E-state index contributed by atoms with van der Waals surface area (Å²) < 4.78 is 21.3. The quantitative estimate of drug-likeness (QED) is 0.104. The molecule has 3 aromatic heterocycles. The number of halogens is 1. The number of carboxylic acid groups (broad SMARTS) is 1. The van der Waals surface area contributed by atoms with E-state index in [0.29, 0.717) is 46.5 Å². The van der Waals surface area contributed by atoms with Crippen molar-refractivity contribution >= 4 is 54.9 Å². The zero-order chi connectivity index (χ0) is 31.9. The maximum atomic E-state index is 14.6. The third-order valence-corrected chi connectivity index (χ3v) is 8.84. The van der Waals surface area contributed by atoms with Gasteiger partial charge < -0.3 is 20.5 Å². The monoisotopic (exact) mass is 645 g/mol. The Morgan fingerprint density at radius 3 is 2.67 bits per heavy atom. The smallest absolute Gasteiger partial charge is 0.355 e. The molecule has 13 heteroatoms. The van der Waals surface area contributed by atoms with Crippen LogP contribution in [0.15, 0.2) is 48.5 Å². The second-order valence-electron chi connectivity index (χ2n) is 10.4. The van der Waals surface area contributed by atoms with Gasteiger partial charge in [0.25, 0.3) is 0 Å². The Balaban J connectivity index is 1.14. The summed E-state index contributed by atoms with van der Waals surface area (Å²) in [4.78, 5) is 23.3. The first-order valence-corrected chi connectivity index (χ1v) is 15.8. The van der Waals surface area contributed by atoms with E-state index in [1.807, 2.05) is 63.2 Å². The van der Waals surface area contributed by atoms with Crippen molar-refractivity contribution in [1.29, 1.82) is 0 Å². The molecule has 2 aromatic carbocycles. The number of rotatable bonds is 12. The first-order chi connectivity index (χ1) is 21.7. The van der Waals surface area contributed by atoms with Crippen molar-refractivity contribution in [2.24, 2.45) is 0 Å². The topological polar surface area (TPSA) is 125 Å². The molecule has 0 saturated heterocycles. The molecule has 10 nitrogen and oxygen atoms in total. The Labute approximate surface area is 268 Å². The molecule has 3 N–H and O–H groups in total. The molecule has 0 aliphatic heterocycles. The van der Waals surface area contributed by atoms with Crippen molar-refractivity contribution in [3.63, 3.8) is 0 Å². The van der Waals surface area contributed by atoms with Gasteiger partial charge in [0.05, 0.1) is 35.1 Å². The Kier molecular flexibility index (Phi) is 10.2. The summed E-state index contributed by atoms with van der Waals surface area (Å²) in [5.41, 5.74) is 3.05. The predicted molar refractivity (Wildman–Crippen MR) is 176 cm³/mol. The molecule has 0 aliphatic rings. The molecule has 3 heterocycles. The van der Waals surface area contributed by atoms with E-state index in [1.54, 1.807) is 23.5 Å². The van der Waals surface area contributed by atoms with E-state index in [-0.39, 0.29) is 24.1 Å². The van der Waals surface area contributed by atoms with E-state index in [9.17, 15) is 14.3 Å². The molecular formula is C32H32FN7O3S2. The number of aromatic nitrogens is 4. The average molecular weight is 646 g/mol. The predicted octanol–water partition coefficient (Wildman–Crippen LogP) is 6.36. The third-order valence-electron chi connectivity index (χ3n) is 6.81. The fraction of sp³-hybridized carbons (Fsp3) is 0.281. The Hall–Kier alpha value is -4.64.